The Hall–Kier alpha value is -1.87. The molecule has 24 heavy (non-hydrogen) atoms. The molecule has 1 amide bonds. The third-order valence-electron chi connectivity index (χ3n) is 3.31. The van der Waals surface area contributed by atoms with Gasteiger partial charge in [0.25, 0.3) is 5.91 Å². The van der Waals surface area contributed by atoms with Crippen molar-refractivity contribution in [3.8, 4) is 0 Å². The predicted octanol–water partition coefficient (Wildman–Crippen LogP) is 1.41. The van der Waals surface area contributed by atoms with Gasteiger partial charge in [0.1, 0.15) is 10.7 Å². The zero-order valence-electron chi connectivity index (χ0n) is 14.6. The number of carbonyl (C=O) groups excluding carboxylic acids is 1. The van der Waals surface area contributed by atoms with Crippen LogP contribution >= 0.6 is 0 Å². The van der Waals surface area contributed by atoms with E-state index in [9.17, 15) is 18.0 Å². The van der Waals surface area contributed by atoms with Gasteiger partial charge in [0, 0.05) is 33.3 Å². The first-order chi connectivity index (χ1) is 11.0. The van der Waals surface area contributed by atoms with Crippen molar-refractivity contribution < 1.29 is 27.5 Å². The van der Waals surface area contributed by atoms with Gasteiger partial charge >= 0.3 is 5.97 Å². The van der Waals surface area contributed by atoms with Crippen LogP contribution in [0.15, 0.2) is 15.4 Å². The molecule has 8 nitrogen and oxygen atoms in total. The maximum atomic E-state index is 12.6. The van der Waals surface area contributed by atoms with Gasteiger partial charge in [-0.25, -0.2) is 12.7 Å². The number of hydrogen-bond acceptors (Lipinski definition) is 5. The highest BCUT2D eigenvalue weighted by Crippen LogP contribution is 2.23. The van der Waals surface area contributed by atoms with Crippen LogP contribution in [0.2, 0.25) is 0 Å². The summed E-state index contributed by atoms with van der Waals surface area (Å²) in [7, 11) is -0.940. The Labute approximate surface area is 142 Å². The van der Waals surface area contributed by atoms with Crippen LogP contribution in [0.3, 0.4) is 0 Å². The van der Waals surface area contributed by atoms with Crippen LogP contribution in [0.1, 0.15) is 36.6 Å². The summed E-state index contributed by atoms with van der Waals surface area (Å²) in [6.07, 6.45) is -0.193. The quantitative estimate of drug-likeness (QED) is 0.751. The van der Waals surface area contributed by atoms with Crippen LogP contribution < -0.4 is 0 Å². The highest BCUT2D eigenvalue weighted by molar-refractivity contribution is 7.89. The molecule has 0 saturated carbocycles. The third-order valence-corrected chi connectivity index (χ3v) is 5.23. The fourth-order valence-corrected chi connectivity index (χ4v) is 3.18. The maximum absolute atomic E-state index is 12.6. The van der Waals surface area contributed by atoms with Gasteiger partial charge in [-0.05, 0) is 12.8 Å². The fraction of sp³-hybridized carbons (Fsp3) is 0.600. The summed E-state index contributed by atoms with van der Waals surface area (Å²) in [4.78, 5) is 24.6. The van der Waals surface area contributed by atoms with E-state index in [0.717, 1.165) is 4.31 Å². The van der Waals surface area contributed by atoms with E-state index in [1.165, 1.54) is 32.0 Å². The second-order valence-corrected chi connectivity index (χ2v) is 8.23. The number of carboxylic acid groups (broad SMARTS) is 1. The second kappa shape index (κ2) is 7.80. The van der Waals surface area contributed by atoms with Gasteiger partial charge in [-0.1, -0.05) is 13.8 Å². The van der Waals surface area contributed by atoms with Crippen LogP contribution in [0.25, 0.3) is 0 Å². The van der Waals surface area contributed by atoms with E-state index in [-0.39, 0.29) is 35.3 Å². The number of amides is 1. The first-order valence-electron chi connectivity index (χ1n) is 7.50. The summed E-state index contributed by atoms with van der Waals surface area (Å²) in [5.41, 5.74) is 0. The van der Waals surface area contributed by atoms with Gasteiger partial charge in [-0.3, -0.25) is 9.59 Å². The molecular weight excluding hydrogens is 336 g/mol. The number of furan rings is 1. The van der Waals surface area contributed by atoms with E-state index < -0.39 is 21.9 Å². The van der Waals surface area contributed by atoms with Crippen molar-refractivity contribution in [1.29, 1.82) is 0 Å². The van der Waals surface area contributed by atoms with Gasteiger partial charge in [0.05, 0.1) is 6.42 Å². The van der Waals surface area contributed by atoms with Crippen molar-refractivity contribution in [2.24, 2.45) is 5.92 Å². The van der Waals surface area contributed by atoms with Crippen molar-refractivity contribution >= 4 is 21.9 Å². The Balaban J connectivity index is 3.13. The zero-order chi connectivity index (χ0) is 18.7. The normalized spacial score (nSPS) is 12.0. The smallest absolute Gasteiger partial charge is 0.305 e. The largest absolute Gasteiger partial charge is 0.481 e. The van der Waals surface area contributed by atoms with Crippen molar-refractivity contribution in [2.45, 2.75) is 32.1 Å². The summed E-state index contributed by atoms with van der Waals surface area (Å²) in [6, 6.07) is 1.20. The number of carbonyl (C=O) groups is 2. The molecule has 0 aliphatic heterocycles. The minimum atomic E-state index is -3.72. The van der Waals surface area contributed by atoms with Gasteiger partial charge in [0.2, 0.25) is 10.0 Å². The van der Waals surface area contributed by atoms with Crippen LogP contribution in [0.5, 0.6) is 0 Å². The molecule has 0 unspecified atom stereocenters. The molecule has 0 aliphatic rings. The lowest BCUT2D eigenvalue weighted by atomic mass is 10.2. The highest BCUT2D eigenvalue weighted by Gasteiger charge is 2.28. The first-order valence-corrected chi connectivity index (χ1v) is 8.94. The Morgan fingerprint density at radius 2 is 1.88 bits per heavy atom. The monoisotopic (exact) mass is 360 g/mol. The topological polar surface area (TPSA) is 108 Å². The molecule has 9 heteroatoms. The number of hydrogen-bond donors (Lipinski definition) is 1. The van der Waals surface area contributed by atoms with Crippen molar-refractivity contribution in [3.63, 3.8) is 0 Å². The van der Waals surface area contributed by atoms with E-state index in [2.05, 4.69) is 0 Å². The first kappa shape index (κ1) is 20.2. The third kappa shape index (κ3) is 4.81. The molecule has 1 rings (SSSR count). The molecule has 1 N–H and O–H groups in total. The molecule has 1 aromatic rings. The maximum Gasteiger partial charge on any atom is 0.305 e. The fourth-order valence-electron chi connectivity index (χ4n) is 2.13. The molecule has 1 aromatic heterocycles. The van der Waals surface area contributed by atoms with E-state index in [1.54, 1.807) is 0 Å². The van der Waals surface area contributed by atoms with Crippen molar-refractivity contribution in [1.82, 2.24) is 9.21 Å². The summed E-state index contributed by atoms with van der Waals surface area (Å²) < 4.78 is 30.8. The lowest BCUT2D eigenvalue weighted by Gasteiger charge is -2.22. The summed E-state index contributed by atoms with van der Waals surface area (Å²) >= 11 is 0. The van der Waals surface area contributed by atoms with Crippen molar-refractivity contribution in [3.05, 3.63) is 17.6 Å². The lowest BCUT2D eigenvalue weighted by Crippen LogP contribution is -2.35. The lowest BCUT2D eigenvalue weighted by molar-refractivity contribution is -0.137. The zero-order valence-corrected chi connectivity index (χ0v) is 15.4. The van der Waals surface area contributed by atoms with Gasteiger partial charge < -0.3 is 14.4 Å². The van der Waals surface area contributed by atoms with Crippen LogP contribution in [-0.4, -0.2) is 61.8 Å². The molecule has 0 aromatic carbocycles. The number of aryl methyl sites for hydroxylation is 1. The van der Waals surface area contributed by atoms with Gasteiger partial charge in [-0.15, -0.1) is 0 Å². The average Bonchev–Trinajstić information content (AvgIpc) is 2.84. The molecule has 0 fully saturated rings. The van der Waals surface area contributed by atoms with Gasteiger partial charge in [0.15, 0.2) is 5.76 Å². The molecule has 1 heterocycles. The number of nitrogens with zero attached hydrogens (tertiary/aromatic N) is 2. The van der Waals surface area contributed by atoms with E-state index in [4.69, 9.17) is 9.52 Å². The summed E-state index contributed by atoms with van der Waals surface area (Å²) in [6.45, 7) is 5.65. The molecule has 0 spiro atoms. The number of carboxylic acids is 1. The second-order valence-electron chi connectivity index (χ2n) is 6.11. The average molecular weight is 360 g/mol. The molecule has 0 saturated heterocycles. The Bertz CT molecular complexity index is 706. The number of sulfonamides is 1. The SMILES string of the molecule is Cc1oc(C(=O)N(CCC(=O)O)CC(C)C)cc1S(=O)(=O)N(C)C. The molecule has 136 valence electrons. The predicted molar refractivity (Wildman–Crippen MR) is 87.3 cm³/mol. The van der Waals surface area contributed by atoms with E-state index in [1.807, 2.05) is 13.8 Å². The molecule has 0 bridgehead atoms. The number of aliphatic carboxylic acids is 1. The van der Waals surface area contributed by atoms with Crippen LogP contribution in [-0.2, 0) is 14.8 Å². The minimum absolute atomic E-state index is 0.0296. The highest BCUT2D eigenvalue weighted by atomic mass is 32.2. The molecule has 0 atom stereocenters. The standard InChI is InChI=1S/C15H24N2O6S/c1-10(2)9-17(7-6-14(18)19)15(20)12-8-13(11(3)23-12)24(21,22)16(4)5/h8,10H,6-7,9H2,1-5H3,(H,18,19). The summed E-state index contributed by atoms with van der Waals surface area (Å²) in [5, 5.41) is 8.82. The Kier molecular flexibility index (Phi) is 6.56. The summed E-state index contributed by atoms with van der Waals surface area (Å²) in [5.74, 6) is -1.39. The Morgan fingerprint density at radius 1 is 1.29 bits per heavy atom. The molecule has 0 radical (unpaired) electrons. The number of rotatable bonds is 8. The van der Waals surface area contributed by atoms with Gasteiger partial charge in [-0.2, -0.15) is 0 Å². The minimum Gasteiger partial charge on any atom is -0.481 e. The Morgan fingerprint density at radius 3 is 2.33 bits per heavy atom. The van der Waals surface area contributed by atoms with Crippen LogP contribution in [0.4, 0.5) is 0 Å². The molecular formula is C15H24N2O6S. The van der Waals surface area contributed by atoms with E-state index in [0.29, 0.717) is 6.54 Å². The van der Waals surface area contributed by atoms with Crippen LogP contribution in [0, 0.1) is 12.8 Å². The van der Waals surface area contributed by atoms with E-state index >= 15 is 0 Å². The molecule has 0 aliphatic carbocycles. The van der Waals surface area contributed by atoms with Crippen molar-refractivity contribution in [2.75, 3.05) is 27.2 Å².